The average molecular weight is 353 g/mol. The zero-order chi connectivity index (χ0) is 18.5. The lowest BCUT2D eigenvalue weighted by atomic mass is 9.96. The van der Waals surface area contributed by atoms with Gasteiger partial charge in [-0.15, -0.1) is 11.5 Å². The van der Waals surface area contributed by atoms with E-state index in [2.05, 4.69) is 31.1 Å². The van der Waals surface area contributed by atoms with Crippen LogP contribution in [-0.4, -0.2) is 49.2 Å². The molecule has 2 atom stereocenters. The second-order valence-electron chi connectivity index (χ2n) is 7.20. The highest BCUT2D eigenvalue weighted by Gasteiger charge is 2.46. The quantitative estimate of drug-likeness (QED) is 0.316. The zero-order valence-electron chi connectivity index (χ0n) is 15.3. The molecule has 1 aliphatic heterocycles. The summed E-state index contributed by atoms with van der Waals surface area (Å²) in [6.07, 6.45) is -0.0312. The van der Waals surface area contributed by atoms with Gasteiger partial charge in [-0.3, -0.25) is 14.5 Å². The Morgan fingerprint density at radius 2 is 1.92 bits per heavy atom. The maximum atomic E-state index is 12.2. The van der Waals surface area contributed by atoms with Crippen LogP contribution < -0.4 is 0 Å². The first kappa shape index (κ1) is 20.2. The maximum Gasteiger partial charge on any atom is 0.369 e. The zero-order valence-corrected chi connectivity index (χ0v) is 16.3. The minimum Gasteiger partial charge on any atom is -0.459 e. The molecule has 0 aromatic rings. The van der Waals surface area contributed by atoms with Crippen molar-refractivity contribution < 1.29 is 23.9 Å². The summed E-state index contributed by atoms with van der Waals surface area (Å²) in [7, 11) is -1.42. The molecular weight excluding hydrogens is 326 g/mol. The highest BCUT2D eigenvalue weighted by molar-refractivity contribution is 6.83. The molecule has 24 heavy (non-hydrogen) atoms. The van der Waals surface area contributed by atoms with Crippen molar-refractivity contribution in [3.63, 3.8) is 0 Å². The molecule has 0 aliphatic carbocycles. The van der Waals surface area contributed by atoms with Gasteiger partial charge in [0.25, 0.3) is 6.23 Å². The summed E-state index contributed by atoms with van der Waals surface area (Å²) in [6.45, 7) is 11.1. The molecule has 7 heteroatoms. The number of ether oxygens (including phenoxy) is 2. The summed E-state index contributed by atoms with van der Waals surface area (Å²) in [5, 5.41) is 0. The second kappa shape index (κ2) is 8.33. The van der Waals surface area contributed by atoms with Gasteiger partial charge in [0.1, 0.15) is 8.07 Å². The lowest BCUT2D eigenvalue weighted by Gasteiger charge is -2.43. The van der Waals surface area contributed by atoms with E-state index in [4.69, 9.17) is 9.47 Å². The highest BCUT2D eigenvalue weighted by atomic mass is 28.3. The number of amides is 1. The summed E-state index contributed by atoms with van der Waals surface area (Å²) in [5.41, 5.74) is 3.27. The largest absolute Gasteiger partial charge is 0.459 e. The summed E-state index contributed by atoms with van der Waals surface area (Å²) >= 11 is 0. The van der Waals surface area contributed by atoms with Gasteiger partial charge in [0.2, 0.25) is 5.91 Å². The molecule has 0 aromatic heterocycles. The van der Waals surface area contributed by atoms with Crippen molar-refractivity contribution in [3.05, 3.63) is 0 Å². The SMILES string of the molecule is CC(=O)OC(C(=O)OC(C)C)N1C(=O)CC1CCC#C[Si](C)(C)C. The molecule has 1 amide bonds. The summed E-state index contributed by atoms with van der Waals surface area (Å²) in [4.78, 5) is 36.7. The van der Waals surface area contributed by atoms with Crippen LogP contribution in [0.25, 0.3) is 0 Å². The van der Waals surface area contributed by atoms with E-state index in [1.54, 1.807) is 13.8 Å². The number of carbonyl (C=O) groups excluding carboxylic acids is 3. The van der Waals surface area contributed by atoms with E-state index in [0.717, 1.165) is 0 Å². The topological polar surface area (TPSA) is 72.9 Å². The minimum atomic E-state index is -1.42. The van der Waals surface area contributed by atoms with Gasteiger partial charge >= 0.3 is 11.9 Å². The number of rotatable bonds is 6. The molecule has 6 nitrogen and oxygen atoms in total. The van der Waals surface area contributed by atoms with Crippen molar-refractivity contribution >= 4 is 25.9 Å². The fraction of sp³-hybridized carbons (Fsp3) is 0.706. The van der Waals surface area contributed by atoms with Crippen molar-refractivity contribution in [2.24, 2.45) is 0 Å². The van der Waals surface area contributed by atoms with Crippen LogP contribution in [0.5, 0.6) is 0 Å². The molecule has 0 N–H and O–H groups in total. The van der Waals surface area contributed by atoms with E-state index in [1.165, 1.54) is 11.8 Å². The Balaban J connectivity index is 2.75. The predicted molar refractivity (Wildman–Crippen MR) is 92.4 cm³/mol. The number of hydrogen-bond acceptors (Lipinski definition) is 5. The predicted octanol–water partition coefficient (Wildman–Crippen LogP) is 2.09. The van der Waals surface area contributed by atoms with Crippen LogP contribution in [0.4, 0.5) is 0 Å². The van der Waals surface area contributed by atoms with Gasteiger partial charge in [0.05, 0.1) is 6.10 Å². The molecule has 1 heterocycles. The number of esters is 2. The van der Waals surface area contributed by atoms with Crippen molar-refractivity contribution in [3.8, 4) is 11.5 Å². The Morgan fingerprint density at radius 3 is 2.38 bits per heavy atom. The summed E-state index contributed by atoms with van der Waals surface area (Å²) in [5.74, 6) is 1.59. The molecule has 0 bridgehead atoms. The minimum absolute atomic E-state index is 0.155. The van der Waals surface area contributed by atoms with Crippen LogP contribution in [0.1, 0.15) is 40.0 Å². The maximum absolute atomic E-state index is 12.2. The lowest BCUT2D eigenvalue weighted by molar-refractivity contribution is -0.197. The smallest absolute Gasteiger partial charge is 0.369 e. The van der Waals surface area contributed by atoms with Crippen LogP contribution in [-0.2, 0) is 23.9 Å². The first-order valence-corrected chi connectivity index (χ1v) is 11.7. The van der Waals surface area contributed by atoms with Gasteiger partial charge in [0, 0.05) is 25.8 Å². The van der Waals surface area contributed by atoms with Crippen molar-refractivity contribution in [1.29, 1.82) is 0 Å². The Bertz CT molecular complexity index is 556. The Kier molecular flexibility index (Phi) is 7.03. The van der Waals surface area contributed by atoms with Gasteiger partial charge in [-0.1, -0.05) is 19.6 Å². The Hall–Kier alpha value is -1.81. The number of hydrogen-bond donors (Lipinski definition) is 0. The third-order valence-corrected chi connectivity index (χ3v) is 4.17. The van der Waals surface area contributed by atoms with Gasteiger partial charge in [-0.05, 0) is 20.3 Å². The molecule has 0 spiro atoms. The fourth-order valence-electron chi connectivity index (χ4n) is 2.29. The van der Waals surface area contributed by atoms with E-state index in [9.17, 15) is 14.4 Å². The van der Waals surface area contributed by atoms with E-state index >= 15 is 0 Å². The van der Waals surface area contributed by atoms with E-state index in [-0.39, 0.29) is 18.1 Å². The first-order valence-electron chi connectivity index (χ1n) is 8.20. The molecule has 1 fully saturated rings. The average Bonchev–Trinajstić information content (AvgIpc) is 2.38. The number of nitrogens with zero attached hydrogens (tertiary/aromatic N) is 1. The third-order valence-electron chi connectivity index (χ3n) is 3.24. The van der Waals surface area contributed by atoms with E-state index < -0.39 is 26.2 Å². The molecule has 2 unspecified atom stereocenters. The van der Waals surface area contributed by atoms with Crippen molar-refractivity contribution in [1.82, 2.24) is 4.90 Å². The standard InChI is InChI=1S/C17H27NO5Si/c1-12(2)22-17(21)16(23-13(3)19)18-14(11-15(18)20)9-7-8-10-24(4,5)6/h12,14,16H,7,9,11H2,1-6H3. The number of carbonyl (C=O) groups is 3. The van der Waals surface area contributed by atoms with Crippen LogP contribution in [0.15, 0.2) is 0 Å². The van der Waals surface area contributed by atoms with Crippen LogP contribution in [0, 0.1) is 11.5 Å². The van der Waals surface area contributed by atoms with Gasteiger partial charge < -0.3 is 9.47 Å². The van der Waals surface area contributed by atoms with Crippen LogP contribution in [0.3, 0.4) is 0 Å². The van der Waals surface area contributed by atoms with Gasteiger partial charge in [0.15, 0.2) is 0 Å². The molecule has 0 saturated carbocycles. The monoisotopic (exact) mass is 353 g/mol. The molecular formula is C17H27NO5Si. The van der Waals surface area contributed by atoms with Crippen LogP contribution in [0.2, 0.25) is 19.6 Å². The van der Waals surface area contributed by atoms with Crippen molar-refractivity contribution in [2.75, 3.05) is 0 Å². The van der Waals surface area contributed by atoms with Gasteiger partial charge in [-0.2, -0.15) is 0 Å². The summed E-state index contributed by atoms with van der Waals surface area (Å²) in [6, 6.07) is -0.155. The lowest BCUT2D eigenvalue weighted by Crippen LogP contribution is -2.61. The molecule has 1 rings (SSSR count). The second-order valence-corrected chi connectivity index (χ2v) is 11.9. The fourth-order valence-corrected chi connectivity index (χ4v) is 2.95. The van der Waals surface area contributed by atoms with Gasteiger partial charge in [-0.25, -0.2) is 4.79 Å². The third kappa shape index (κ3) is 6.36. The van der Waals surface area contributed by atoms with E-state index in [0.29, 0.717) is 19.3 Å². The Morgan fingerprint density at radius 1 is 1.29 bits per heavy atom. The van der Waals surface area contributed by atoms with Crippen molar-refractivity contribution in [2.45, 2.75) is 78.0 Å². The highest BCUT2D eigenvalue weighted by Crippen LogP contribution is 2.27. The summed E-state index contributed by atoms with van der Waals surface area (Å²) < 4.78 is 10.1. The molecule has 1 saturated heterocycles. The normalized spacial score (nSPS) is 18.4. The number of β-lactam (4-membered cyclic amide) rings is 1. The molecule has 0 aromatic carbocycles. The Labute approximate surface area is 144 Å². The molecule has 134 valence electrons. The number of likely N-dealkylation sites (tertiary alicyclic amines) is 1. The first-order chi connectivity index (χ1) is 11.0. The molecule has 0 radical (unpaired) electrons. The van der Waals surface area contributed by atoms with Crippen LogP contribution >= 0.6 is 0 Å². The molecule has 1 aliphatic rings. The van der Waals surface area contributed by atoms with E-state index in [1.807, 2.05) is 0 Å².